The van der Waals surface area contributed by atoms with Crippen LogP contribution < -0.4 is 10.6 Å². The molecular weight excluding hydrogens is 378 g/mol. The van der Waals surface area contributed by atoms with Gasteiger partial charge in [0.05, 0.1) is 6.04 Å². The maximum Gasteiger partial charge on any atom is 0.325 e. The molecule has 1 saturated heterocycles. The number of rotatable bonds is 7. The van der Waals surface area contributed by atoms with Crippen molar-refractivity contribution in [3.05, 3.63) is 70.7 Å². The van der Waals surface area contributed by atoms with E-state index in [0.29, 0.717) is 11.6 Å². The standard InChI is InChI=1S/C21H22ClN3O3/c1-14(15-7-3-2-4-8-15)25-20(27)18(24-21(25)28)11-12-19(26)23-13-16-9-5-6-10-17(16)22/h2-10,14,18H,11-13H2,1H3,(H,23,26)(H,24,28). The summed E-state index contributed by atoms with van der Waals surface area (Å²) in [6.07, 6.45) is 0.381. The van der Waals surface area contributed by atoms with Gasteiger partial charge in [0.2, 0.25) is 5.91 Å². The molecular formula is C21H22ClN3O3. The lowest BCUT2D eigenvalue weighted by Gasteiger charge is -2.21. The van der Waals surface area contributed by atoms with Crippen LogP contribution in [-0.2, 0) is 16.1 Å². The highest BCUT2D eigenvalue weighted by Crippen LogP contribution is 2.25. The fraction of sp³-hybridized carbons (Fsp3) is 0.286. The topological polar surface area (TPSA) is 78.5 Å². The first-order valence-electron chi connectivity index (χ1n) is 9.16. The summed E-state index contributed by atoms with van der Waals surface area (Å²) in [5.41, 5.74) is 1.70. The third kappa shape index (κ3) is 4.51. The van der Waals surface area contributed by atoms with Gasteiger partial charge in [0, 0.05) is 18.0 Å². The van der Waals surface area contributed by atoms with Crippen LogP contribution in [-0.4, -0.2) is 28.8 Å². The van der Waals surface area contributed by atoms with Crippen LogP contribution >= 0.6 is 11.6 Å². The molecule has 1 aliphatic rings. The van der Waals surface area contributed by atoms with Crippen molar-refractivity contribution in [3.63, 3.8) is 0 Å². The second kappa shape index (κ2) is 8.89. The van der Waals surface area contributed by atoms with E-state index in [9.17, 15) is 14.4 Å². The van der Waals surface area contributed by atoms with E-state index in [0.717, 1.165) is 11.1 Å². The van der Waals surface area contributed by atoms with Crippen LogP contribution in [0.3, 0.4) is 0 Å². The molecule has 2 N–H and O–H groups in total. The molecule has 0 saturated carbocycles. The predicted octanol–water partition coefficient (Wildman–Crippen LogP) is 3.42. The summed E-state index contributed by atoms with van der Waals surface area (Å²) in [6.45, 7) is 2.13. The van der Waals surface area contributed by atoms with E-state index in [-0.39, 0.29) is 30.7 Å². The monoisotopic (exact) mass is 399 g/mol. The number of urea groups is 1. The fourth-order valence-electron chi connectivity index (χ4n) is 3.19. The van der Waals surface area contributed by atoms with Crippen LogP contribution in [0, 0.1) is 0 Å². The van der Waals surface area contributed by atoms with Gasteiger partial charge in [-0.2, -0.15) is 0 Å². The highest BCUT2D eigenvalue weighted by Gasteiger charge is 2.40. The molecule has 146 valence electrons. The molecule has 3 rings (SSSR count). The van der Waals surface area contributed by atoms with Crippen LogP contribution in [0.4, 0.5) is 4.79 Å². The number of imide groups is 1. The Morgan fingerprint density at radius 3 is 2.54 bits per heavy atom. The van der Waals surface area contributed by atoms with Crippen molar-refractivity contribution < 1.29 is 14.4 Å². The van der Waals surface area contributed by atoms with E-state index >= 15 is 0 Å². The minimum absolute atomic E-state index is 0.134. The summed E-state index contributed by atoms with van der Waals surface area (Å²) < 4.78 is 0. The van der Waals surface area contributed by atoms with Crippen molar-refractivity contribution in [2.24, 2.45) is 0 Å². The van der Waals surface area contributed by atoms with Crippen LogP contribution in [0.5, 0.6) is 0 Å². The number of carbonyl (C=O) groups is 3. The van der Waals surface area contributed by atoms with Gasteiger partial charge in [0.25, 0.3) is 5.91 Å². The van der Waals surface area contributed by atoms with Gasteiger partial charge in [0.1, 0.15) is 6.04 Å². The lowest BCUT2D eigenvalue weighted by atomic mass is 10.1. The third-order valence-corrected chi connectivity index (χ3v) is 5.18. The van der Waals surface area contributed by atoms with E-state index < -0.39 is 12.1 Å². The Labute approximate surface area is 168 Å². The second-order valence-corrected chi connectivity index (χ2v) is 7.11. The number of nitrogens with zero attached hydrogens (tertiary/aromatic N) is 1. The van der Waals surface area contributed by atoms with Crippen molar-refractivity contribution in [2.75, 3.05) is 0 Å². The number of carbonyl (C=O) groups excluding carboxylic acids is 3. The van der Waals surface area contributed by atoms with Crippen LogP contribution in [0.2, 0.25) is 5.02 Å². The zero-order valence-electron chi connectivity index (χ0n) is 15.5. The molecule has 1 heterocycles. The molecule has 7 heteroatoms. The highest BCUT2D eigenvalue weighted by atomic mass is 35.5. The molecule has 2 aromatic carbocycles. The number of halogens is 1. The second-order valence-electron chi connectivity index (χ2n) is 6.70. The third-order valence-electron chi connectivity index (χ3n) is 4.82. The molecule has 1 fully saturated rings. The van der Waals surface area contributed by atoms with E-state index in [1.165, 1.54) is 4.90 Å². The van der Waals surface area contributed by atoms with Gasteiger partial charge in [-0.05, 0) is 30.5 Å². The number of hydrogen-bond donors (Lipinski definition) is 2. The first kappa shape index (κ1) is 19.9. The molecule has 0 bridgehead atoms. The lowest BCUT2D eigenvalue weighted by molar-refractivity contribution is -0.129. The van der Waals surface area contributed by atoms with Crippen molar-refractivity contribution in [1.29, 1.82) is 0 Å². The van der Waals surface area contributed by atoms with E-state index in [1.54, 1.807) is 6.07 Å². The molecule has 4 amide bonds. The van der Waals surface area contributed by atoms with E-state index in [2.05, 4.69) is 10.6 Å². The summed E-state index contributed by atoms with van der Waals surface area (Å²) in [4.78, 5) is 38.3. The first-order valence-corrected chi connectivity index (χ1v) is 9.54. The SMILES string of the molecule is CC(c1ccccc1)N1C(=O)NC(CCC(=O)NCc2ccccc2Cl)C1=O. The Kier molecular flexibility index (Phi) is 6.31. The smallest absolute Gasteiger partial charge is 0.325 e. The minimum atomic E-state index is -0.690. The Hall–Kier alpha value is -2.86. The molecule has 2 atom stereocenters. The van der Waals surface area contributed by atoms with Crippen molar-refractivity contribution in [3.8, 4) is 0 Å². The van der Waals surface area contributed by atoms with Crippen LogP contribution in [0.25, 0.3) is 0 Å². The predicted molar refractivity (Wildman–Crippen MR) is 107 cm³/mol. The number of benzene rings is 2. The maximum absolute atomic E-state index is 12.7. The number of amides is 4. The molecule has 0 aliphatic carbocycles. The van der Waals surface area contributed by atoms with E-state index in [4.69, 9.17) is 11.6 Å². The lowest BCUT2D eigenvalue weighted by Crippen LogP contribution is -2.34. The Bertz CT molecular complexity index is 872. The van der Waals surface area contributed by atoms with Gasteiger partial charge >= 0.3 is 6.03 Å². The Morgan fingerprint density at radius 1 is 1.14 bits per heavy atom. The van der Waals surface area contributed by atoms with Gasteiger partial charge < -0.3 is 10.6 Å². The number of nitrogens with one attached hydrogen (secondary N) is 2. The molecule has 6 nitrogen and oxygen atoms in total. The maximum atomic E-state index is 12.7. The fourth-order valence-corrected chi connectivity index (χ4v) is 3.39. The molecule has 0 spiro atoms. The minimum Gasteiger partial charge on any atom is -0.352 e. The van der Waals surface area contributed by atoms with Crippen LogP contribution in [0.1, 0.15) is 36.9 Å². The zero-order chi connectivity index (χ0) is 20.1. The summed E-state index contributed by atoms with van der Waals surface area (Å²) in [5.74, 6) is -0.503. The normalized spacial score (nSPS) is 17.4. The van der Waals surface area contributed by atoms with Crippen molar-refractivity contribution >= 4 is 29.4 Å². The van der Waals surface area contributed by atoms with Gasteiger partial charge in [-0.25, -0.2) is 4.79 Å². The molecule has 0 aromatic heterocycles. The van der Waals surface area contributed by atoms with E-state index in [1.807, 2.05) is 55.5 Å². The summed E-state index contributed by atoms with van der Waals surface area (Å²) in [6, 6.07) is 15.2. The van der Waals surface area contributed by atoms with Gasteiger partial charge in [-0.1, -0.05) is 60.1 Å². The largest absolute Gasteiger partial charge is 0.352 e. The van der Waals surface area contributed by atoms with Gasteiger partial charge in [0.15, 0.2) is 0 Å². The van der Waals surface area contributed by atoms with Crippen molar-refractivity contribution in [2.45, 2.75) is 38.4 Å². The van der Waals surface area contributed by atoms with Crippen molar-refractivity contribution in [1.82, 2.24) is 15.5 Å². The average molecular weight is 400 g/mol. The highest BCUT2D eigenvalue weighted by molar-refractivity contribution is 6.31. The quantitative estimate of drug-likeness (QED) is 0.700. The molecule has 0 radical (unpaired) electrons. The van der Waals surface area contributed by atoms with Gasteiger partial charge in [-0.3, -0.25) is 14.5 Å². The van der Waals surface area contributed by atoms with Crippen LogP contribution in [0.15, 0.2) is 54.6 Å². The summed E-state index contributed by atoms with van der Waals surface area (Å²) in [5, 5.41) is 6.06. The summed E-state index contributed by atoms with van der Waals surface area (Å²) in [7, 11) is 0. The molecule has 2 aromatic rings. The zero-order valence-corrected chi connectivity index (χ0v) is 16.3. The number of hydrogen-bond acceptors (Lipinski definition) is 3. The molecule has 2 unspecified atom stereocenters. The molecule has 28 heavy (non-hydrogen) atoms. The van der Waals surface area contributed by atoms with Gasteiger partial charge in [-0.15, -0.1) is 0 Å². The average Bonchev–Trinajstić information content (AvgIpc) is 2.99. The summed E-state index contributed by atoms with van der Waals surface area (Å²) >= 11 is 6.07. The Balaban J connectivity index is 1.52. The first-order chi connectivity index (χ1) is 13.5. The molecule has 1 aliphatic heterocycles. The Morgan fingerprint density at radius 2 is 1.82 bits per heavy atom.